The lowest BCUT2D eigenvalue weighted by Gasteiger charge is -2.18. The van der Waals surface area contributed by atoms with Gasteiger partial charge in [0.05, 0.1) is 5.56 Å². The Labute approximate surface area is 189 Å². The lowest BCUT2D eigenvalue weighted by atomic mass is 10.1. The highest BCUT2D eigenvalue weighted by Crippen LogP contribution is 2.30. The van der Waals surface area contributed by atoms with Crippen molar-refractivity contribution >= 4 is 23.2 Å². The Hall–Kier alpha value is -3.81. The van der Waals surface area contributed by atoms with Gasteiger partial charge >= 0.3 is 6.18 Å². The van der Waals surface area contributed by atoms with Crippen molar-refractivity contribution in [2.45, 2.75) is 33.1 Å². The van der Waals surface area contributed by atoms with Gasteiger partial charge in [0.25, 0.3) is 11.8 Å². The summed E-state index contributed by atoms with van der Waals surface area (Å²) < 4.78 is 44.3. The molecule has 1 atom stereocenters. The van der Waals surface area contributed by atoms with E-state index >= 15 is 0 Å². The number of amides is 2. The number of para-hydroxylation sites is 1. The number of alkyl halides is 3. The second-order valence-electron chi connectivity index (χ2n) is 7.58. The Kier molecular flexibility index (Phi) is 7.06. The summed E-state index contributed by atoms with van der Waals surface area (Å²) in [5.41, 5.74) is 1.70. The molecule has 172 valence electrons. The fourth-order valence-corrected chi connectivity index (χ4v) is 3.14. The highest BCUT2D eigenvalue weighted by molar-refractivity contribution is 6.04. The second kappa shape index (κ2) is 9.77. The van der Waals surface area contributed by atoms with E-state index < -0.39 is 23.8 Å². The van der Waals surface area contributed by atoms with Crippen molar-refractivity contribution in [3.05, 3.63) is 89.0 Å². The summed E-state index contributed by atoms with van der Waals surface area (Å²) in [6.45, 7) is 5.43. The summed E-state index contributed by atoms with van der Waals surface area (Å²) in [7, 11) is 0. The molecule has 0 aromatic heterocycles. The molecule has 5 nitrogen and oxygen atoms in total. The van der Waals surface area contributed by atoms with Crippen molar-refractivity contribution in [3.63, 3.8) is 0 Å². The van der Waals surface area contributed by atoms with Crippen molar-refractivity contribution in [2.75, 3.05) is 10.6 Å². The first-order valence-electron chi connectivity index (χ1n) is 10.2. The normalized spacial score (nSPS) is 12.1. The number of hydrogen-bond donors (Lipinski definition) is 2. The minimum Gasteiger partial charge on any atom is -0.480 e. The molecule has 2 N–H and O–H groups in total. The summed E-state index contributed by atoms with van der Waals surface area (Å²) in [5.74, 6) is -0.278. The molecule has 0 saturated heterocycles. The number of anilines is 2. The zero-order valence-corrected chi connectivity index (χ0v) is 18.3. The number of nitrogens with one attached hydrogen (secondary N) is 2. The van der Waals surface area contributed by atoms with Gasteiger partial charge in [0, 0.05) is 16.9 Å². The van der Waals surface area contributed by atoms with Gasteiger partial charge in [0.1, 0.15) is 5.75 Å². The van der Waals surface area contributed by atoms with Gasteiger partial charge in [-0.25, -0.2) is 0 Å². The third-order valence-electron chi connectivity index (χ3n) is 4.94. The summed E-state index contributed by atoms with van der Waals surface area (Å²) in [4.78, 5) is 24.9. The number of rotatable bonds is 6. The van der Waals surface area contributed by atoms with Crippen molar-refractivity contribution in [1.29, 1.82) is 0 Å². The molecule has 0 radical (unpaired) electrons. The first kappa shape index (κ1) is 23.8. The molecule has 2 amide bonds. The van der Waals surface area contributed by atoms with E-state index in [1.807, 2.05) is 32.0 Å². The number of carbonyl (C=O) groups is 2. The SMILES string of the molecule is Cc1cccc(C)c1OC(C)C(=O)Nc1ccc(C(=O)Nc2cccc(C(F)(F)F)c2)cc1. The molecule has 0 fully saturated rings. The number of benzene rings is 3. The van der Waals surface area contributed by atoms with E-state index in [9.17, 15) is 22.8 Å². The highest BCUT2D eigenvalue weighted by Gasteiger charge is 2.30. The van der Waals surface area contributed by atoms with Crippen LogP contribution in [0, 0.1) is 13.8 Å². The summed E-state index contributed by atoms with van der Waals surface area (Å²) >= 11 is 0. The quantitative estimate of drug-likeness (QED) is 0.480. The zero-order valence-electron chi connectivity index (χ0n) is 18.3. The number of halogens is 3. The van der Waals surface area contributed by atoms with E-state index in [0.717, 1.165) is 23.3 Å². The van der Waals surface area contributed by atoms with Crippen molar-refractivity contribution in [2.24, 2.45) is 0 Å². The average molecular weight is 456 g/mol. The van der Waals surface area contributed by atoms with E-state index in [1.165, 1.54) is 36.4 Å². The van der Waals surface area contributed by atoms with E-state index in [0.29, 0.717) is 11.4 Å². The van der Waals surface area contributed by atoms with Gasteiger partial charge in [-0.1, -0.05) is 24.3 Å². The smallest absolute Gasteiger partial charge is 0.416 e. The van der Waals surface area contributed by atoms with Gasteiger partial charge in [-0.15, -0.1) is 0 Å². The van der Waals surface area contributed by atoms with Crippen LogP contribution in [0.2, 0.25) is 0 Å². The molecule has 3 rings (SSSR count). The zero-order chi connectivity index (χ0) is 24.2. The molecule has 3 aromatic rings. The maximum absolute atomic E-state index is 12.8. The van der Waals surface area contributed by atoms with Crippen LogP contribution in [0.4, 0.5) is 24.5 Å². The third kappa shape index (κ3) is 6.12. The molecule has 0 aliphatic heterocycles. The second-order valence-corrected chi connectivity index (χ2v) is 7.58. The Morgan fingerprint density at radius 3 is 2.06 bits per heavy atom. The summed E-state index contributed by atoms with van der Waals surface area (Å²) in [6.07, 6.45) is -5.26. The van der Waals surface area contributed by atoms with Crippen molar-refractivity contribution < 1.29 is 27.5 Å². The van der Waals surface area contributed by atoms with Crippen LogP contribution in [0.25, 0.3) is 0 Å². The van der Waals surface area contributed by atoms with Gasteiger partial charge in [0.15, 0.2) is 6.10 Å². The largest absolute Gasteiger partial charge is 0.480 e. The van der Waals surface area contributed by atoms with E-state index in [4.69, 9.17) is 4.74 Å². The molecule has 0 saturated carbocycles. The third-order valence-corrected chi connectivity index (χ3v) is 4.94. The first-order chi connectivity index (χ1) is 15.5. The predicted molar refractivity (Wildman–Crippen MR) is 120 cm³/mol. The Morgan fingerprint density at radius 1 is 0.848 bits per heavy atom. The minimum absolute atomic E-state index is 0.0321. The molecule has 3 aromatic carbocycles. The monoisotopic (exact) mass is 456 g/mol. The number of carbonyl (C=O) groups excluding carboxylic acids is 2. The van der Waals surface area contributed by atoms with Crippen LogP contribution in [-0.2, 0) is 11.0 Å². The van der Waals surface area contributed by atoms with Crippen molar-refractivity contribution in [1.82, 2.24) is 0 Å². The molecular weight excluding hydrogens is 433 g/mol. The maximum atomic E-state index is 12.8. The topological polar surface area (TPSA) is 67.4 Å². The van der Waals surface area contributed by atoms with Crippen LogP contribution in [-0.4, -0.2) is 17.9 Å². The van der Waals surface area contributed by atoms with Crippen LogP contribution in [0.3, 0.4) is 0 Å². The summed E-state index contributed by atoms with van der Waals surface area (Å²) in [6, 6.07) is 16.1. The highest BCUT2D eigenvalue weighted by atomic mass is 19.4. The molecule has 0 aliphatic carbocycles. The van der Waals surface area contributed by atoms with Crippen LogP contribution < -0.4 is 15.4 Å². The molecule has 0 spiro atoms. The fourth-order valence-electron chi connectivity index (χ4n) is 3.14. The number of hydrogen-bond acceptors (Lipinski definition) is 3. The summed E-state index contributed by atoms with van der Waals surface area (Å²) in [5, 5.41) is 5.16. The maximum Gasteiger partial charge on any atom is 0.416 e. The van der Waals surface area contributed by atoms with Crippen LogP contribution in [0.5, 0.6) is 5.75 Å². The lowest BCUT2D eigenvalue weighted by molar-refractivity contribution is -0.137. The molecule has 33 heavy (non-hydrogen) atoms. The molecule has 0 heterocycles. The van der Waals surface area contributed by atoms with Gasteiger partial charge in [-0.3, -0.25) is 9.59 Å². The van der Waals surface area contributed by atoms with Crippen LogP contribution >= 0.6 is 0 Å². The fraction of sp³-hybridized carbons (Fsp3) is 0.200. The van der Waals surface area contributed by atoms with Crippen LogP contribution in [0.1, 0.15) is 34.0 Å². The first-order valence-corrected chi connectivity index (χ1v) is 10.2. The Balaban J connectivity index is 1.62. The standard InChI is InChI=1S/C25H23F3N2O3/c1-15-6-4-7-16(2)22(15)33-17(3)23(31)29-20-12-10-18(11-13-20)24(32)30-21-9-5-8-19(14-21)25(26,27)28/h4-14,17H,1-3H3,(H,29,31)(H,30,32). The van der Waals surface area contributed by atoms with Gasteiger partial charge in [-0.05, 0) is 74.4 Å². The Bertz CT molecular complexity index is 1140. The van der Waals surface area contributed by atoms with Crippen LogP contribution in [0.15, 0.2) is 66.7 Å². The number of aryl methyl sites for hydroxylation is 2. The Morgan fingerprint density at radius 2 is 1.45 bits per heavy atom. The molecule has 8 heteroatoms. The van der Waals surface area contributed by atoms with E-state index in [2.05, 4.69) is 10.6 Å². The van der Waals surface area contributed by atoms with Gasteiger partial charge in [0.2, 0.25) is 0 Å². The molecular formula is C25H23F3N2O3. The van der Waals surface area contributed by atoms with E-state index in [-0.39, 0.29) is 17.2 Å². The average Bonchev–Trinajstić information content (AvgIpc) is 2.76. The van der Waals surface area contributed by atoms with Crippen molar-refractivity contribution in [3.8, 4) is 5.75 Å². The van der Waals surface area contributed by atoms with Gasteiger partial charge in [-0.2, -0.15) is 13.2 Å². The predicted octanol–water partition coefficient (Wildman–Crippen LogP) is 5.98. The van der Waals surface area contributed by atoms with Gasteiger partial charge < -0.3 is 15.4 Å². The van der Waals surface area contributed by atoms with E-state index in [1.54, 1.807) is 6.92 Å². The molecule has 0 aliphatic rings. The minimum atomic E-state index is -4.50. The molecule has 1 unspecified atom stereocenters. The molecule has 0 bridgehead atoms. The number of ether oxygens (including phenoxy) is 1. The lowest BCUT2D eigenvalue weighted by Crippen LogP contribution is -2.30.